The molecule has 1 atom stereocenters. The minimum absolute atomic E-state index is 0.122. The van der Waals surface area contributed by atoms with E-state index in [1.165, 1.54) is 12.1 Å². The number of carbonyl (C=O) groups is 1. The van der Waals surface area contributed by atoms with Crippen molar-refractivity contribution in [3.05, 3.63) is 59.5 Å². The molecule has 2 heterocycles. The predicted molar refractivity (Wildman–Crippen MR) is 116 cm³/mol. The number of rotatable bonds is 8. The maximum absolute atomic E-state index is 12.8. The van der Waals surface area contributed by atoms with Crippen molar-refractivity contribution in [2.45, 2.75) is 38.4 Å². The summed E-state index contributed by atoms with van der Waals surface area (Å²) >= 11 is 0. The maximum atomic E-state index is 12.8. The van der Waals surface area contributed by atoms with Gasteiger partial charge in [-0.05, 0) is 42.3 Å². The van der Waals surface area contributed by atoms with Crippen LogP contribution in [-0.4, -0.2) is 41.2 Å². The monoisotopic (exact) mass is 475 g/mol. The summed E-state index contributed by atoms with van der Waals surface area (Å²) in [6.07, 6.45) is -3.33. The lowest BCUT2D eigenvalue weighted by Crippen LogP contribution is -2.24. The molecule has 4 rings (SSSR count). The number of methoxy groups -OCH3 is 1. The fourth-order valence-corrected chi connectivity index (χ4v) is 3.77. The van der Waals surface area contributed by atoms with Gasteiger partial charge in [-0.1, -0.05) is 24.2 Å². The fraction of sp³-hybridized carbons (Fsp3) is 0.375. The molecule has 1 aromatic heterocycles. The first kappa shape index (κ1) is 23.6. The van der Waals surface area contributed by atoms with Crippen LogP contribution in [0.1, 0.15) is 42.7 Å². The van der Waals surface area contributed by atoms with Crippen LogP contribution in [0, 0.1) is 0 Å². The van der Waals surface area contributed by atoms with E-state index in [1.807, 2.05) is 6.92 Å². The summed E-state index contributed by atoms with van der Waals surface area (Å²) in [5.41, 5.74) is 0.578. The van der Waals surface area contributed by atoms with Crippen molar-refractivity contribution in [2.75, 3.05) is 20.3 Å². The number of alkyl halides is 3. The number of benzene rings is 2. The topological polar surface area (TPSA) is 77.7 Å². The number of likely N-dealkylation sites (tertiary alicyclic amines) is 1. The van der Waals surface area contributed by atoms with Gasteiger partial charge in [-0.2, -0.15) is 18.2 Å². The molecule has 0 aliphatic carbocycles. The van der Waals surface area contributed by atoms with E-state index >= 15 is 0 Å². The maximum Gasteiger partial charge on any atom is 0.416 e. The lowest BCUT2D eigenvalue weighted by molar-refractivity contribution is -0.137. The second kappa shape index (κ2) is 9.74. The quantitative estimate of drug-likeness (QED) is 0.453. The third-order valence-electron chi connectivity index (χ3n) is 5.54. The number of aromatic nitrogens is 2. The van der Waals surface area contributed by atoms with Crippen molar-refractivity contribution in [1.29, 1.82) is 0 Å². The zero-order valence-corrected chi connectivity index (χ0v) is 18.8. The van der Waals surface area contributed by atoms with Gasteiger partial charge in [0.1, 0.15) is 0 Å². The summed E-state index contributed by atoms with van der Waals surface area (Å²) in [5, 5.41) is 4.05. The molecule has 0 saturated carbocycles. The summed E-state index contributed by atoms with van der Waals surface area (Å²) in [7, 11) is 1.55. The smallest absolute Gasteiger partial charge is 0.416 e. The van der Waals surface area contributed by atoms with Crippen molar-refractivity contribution >= 4 is 5.91 Å². The van der Waals surface area contributed by atoms with Crippen LogP contribution in [0.2, 0.25) is 0 Å². The normalized spacial score (nSPS) is 16.2. The molecule has 0 N–H and O–H groups in total. The molecule has 0 bridgehead atoms. The Morgan fingerprint density at radius 1 is 1.15 bits per heavy atom. The van der Waals surface area contributed by atoms with Gasteiger partial charge in [0, 0.05) is 25.1 Å². The van der Waals surface area contributed by atoms with Gasteiger partial charge in [-0.3, -0.25) is 4.79 Å². The van der Waals surface area contributed by atoms with Crippen LogP contribution in [0.4, 0.5) is 13.2 Å². The molecule has 1 amide bonds. The Morgan fingerprint density at radius 2 is 1.91 bits per heavy atom. The fourth-order valence-electron chi connectivity index (χ4n) is 3.77. The standard InChI is InChI=1S/C24H24F3N3O4/c1-3-10-33-19-9-6-16(11-20(19)32-2)22-28-23(34-29-22)17-12-21(31)30(14-17)13-15-4-7-18(8-5-15)24(25,26)27/h4-9,11,17H,3,10,12-14H2,1-2H3. The minimum Gasteiger partial charge on any atom is -0.493 e. The van der Waals surface area contributed by atoms with Crippen molar-refractivity contribution in [3.8, 4) is 22.9 Å². The summed E-state index contributed by atoms with van der Waals surface area (Å²) in [4.78, 5) is 18.5. The highest BCUT2D eigenvalue weighted by Crippen LogP contribution is 2.34. The number of amides is 1. The van der Waals surface area contributed by atoms with Gasteiger partial charge in [0.15, 0.2) is 11.5 Å². The Balaban J connectivity index is 1.44. The Bertz CT molecular complexity index is 1150. The van der Waals surface area contributed by atoms with E-state index in [0.717, 1.165) is 18.6 Å². The summed E-state index contributed by atoms with van der Waals surface area (Å²) < 4.78 is 54.8. The van der Waals surface area contributed by atoms with Crippen LogP contribution in [0.3, 0.4) is 0 Å². The zero-order chi connectivity index (χ0) is 24.3. The highest BCUT2D eigenvalue weighted by molar-refractivity contribution is 5.79. The second-order valence-electron chi connectivity index (χ2n) is 8.04. The molecule has 0 spiro atoms. The van der Waals surface area contributed by atoms with E-state index < -0.39 is 11.7 Å². The van der Waals surface area contributed by atoms with Crippen LogP contribution in [0.25, 0.3) is 11.4 Å². The van der Waals surface area contributed by atoms with E-state index in [1.54, 1.807) is 30.2 Å². The number of nitrogens with zero attached hydrogens (tertiary/aromatic N) is 3. The Kier molecular flexibility index (Phi) is 6.76. The molecule has 1 fully saturated rings. The molecule has 1 unspecified atom stereocenters. The Hall–Kier alpha value is -3.56. The molecule has 0 radical (unpaired) electrons. The predicted octanol–water partition coefficient (Wildman–Crippen LogP) is 5.07. The summed E-state index contributed by atoms with van der Waals surface area (Å²) in [6, 6.07) is 10.2. The van der Waals surface area contributed by atoms with Gasteiger partial charge in [0.2, 0.25) is 17.6 Å². The van der Waals surface area contributed by atoms with Crippen molar-refractivity contribution in [1.82, 2.24) is 15.0 Å². The Labute approximate surface area is 194 Å². The highest BCUT2D eigenvalue weighted by Gasteiger charge is 2.35. The van der Waals surface area contributed by atoms with Gasteiger partial charge in [-0.25, -0.2) is 0 Å². The van der Waals surface area contributed by atoms with E-state index in [9.17, 15) is 18.0 Å². The third-order valence-corrected chi connectivity index (χ3v) is 5.54. The average Bonchev–Trinajstić information content (AvgIpc) is 3.44. The number of hydrogen-bond donors (Lipinski definition) is 0. The molecular weight excluding hydrogens is 451 g/mol. The van der Waals surface area contributed by atoms with Crippen LogP contribution in [0.15, 0.2) is 47.0 Å². The number of halogens is 3. The molecule has 3 aromatic rings. The highest BCUT2D eigenvalue weighted by atomic mass is 19.4. The first-order valence-electron chi connectivity index (χ1n) is 10.9. The summed E-state index contributed by atoms with van der Waals surface area (Å²) in [6.45, 7) is 3.14. The average molecular weight is 475 g/mol. The molecule has 1 saturated heterocycles. The molecule has 2 aromatic carbocycles. The largest absolute Gasteiger partial charge is 0.493 e. The zero-order valence-electron chi connectivity index (χ0n) is 18.8. The first-order valence-corrected chi connectivity index (χ1v) is 10.9. The SMILES string of the molecule is CCCOc1ccc(-c2noc(C3CC(=O)N(Cc4ccc(C(F)(F)F)cc4)C3)n2)cc1OC. The number of ether oxygens (including phenoxy) is 2. The second-order valence-corrected chi connectivity index (χ2v) is 8.04. The number of carbonyl (C=O) groups excluding carboxylic acids is 1. The first-order chi connectivity index (χ1) is 16.3. The van der Waals surface area contributed by atoms with Gasteiger partial charge in [-0.15, -0.1) is 0 Å². The summed E-state index contributed by atoms with van der Waals surface area (Å²) in [5.74, 6) is 1.46. The molecule has 1 aliphatic heterocycles. The Morgan fingerprint density at radius 3 is 2.59 bits per heavy atom. The van der Waals surface area contributed by atoms with Crippen LogP contribution in [0.5, 0.6) is 11.5 Å². The van der Waals surface area contributed by atoms with Crippen molar-refractivity contribution in [3.63, 3.8) is 0 Å². The van der Waals surface area contributed by atoms with Crippen LogP contribution >= 0.6 is 0 Å². The van der Waals surface area contributed by atoms with E-state index in [4.69, 9.17) is 14.0 Å². The van der Waals surface area contributed by atoms with Crippen molar-refractivity contribution < 1.29 is 32.0 Å². The molecule has 1 aliphatic rings. The van der Waals surface area contributed by atoms with E-state index in [-0.39, 0.29) is 24.8 Å². The van der Waals surface area contributed by atoms with Crippen LogP contribution in [-0.2, 0) is 17.5 Å². The van der Waals surface area contributed by atoms with Gasteiger partial charge in [0.25, 0.3) is 0 Å². The molecule has 34 heavy (non-hydrogen) atoms. The number of hydrogen-bond acceptors (Lipinski definition) is 6. The van der Waals surface area contributed by atoms with Crippen LogP contribution < -0.4 is 9.47 Å². The van der Waals surface area contributed by atoms with E-state index in [2.05, 4.69) is 10.1 Å². The van der Waals surface area contributed by atoms with Gasteiger partial charge >= 0.3 is 6.18 Å². The molecule has 180 valence electrons. The molecule has 10 heteroatoms. The van der Waals surface area contributed by atoms with Crippen molar-refractivity contribution in [2.24, 2.45) is 0 Å². The lowest BCUT2D eigenvalue weighted by Gasteiger charge is -2.16. The van der Waals surface area contributed by atoms with Gasteiger partial charge < -0.3 is 18.9 Å². The third kappa shape index (κ3) is 5.16. The molecule has 7 nitrogen and oxygen atoms in total. The van der Waals surface area contributed by atoms with E-state index in [0.29, 0.717) is 47.5 Å². The lowest BCUT2D eigenvalue weighted by atomic mass is 10.1. The molecular formula is C24H24F3N3O4. The van der Waals surface area contributed by atoms with Gasteiger partial charge in [0.05, 0.1) is 25.2 Å². The minimum atomic E-state index is -4.39.